The van der Waals surface area contributed by atoms with E-state index in [0.717, 1.165) is 0 Å². The zero-order valence-corrected chi connectivity index (χ0v) is 19.7. The van der Waals surface area contributed by atoms with Crippen LogP contribution >= 0.6 is 0 Å². The van der Waals surface area contributed by atoms with Crippen molar-refractivity contribution in [1.82, 2.24) is 0 Å². The summed E-state index contributed by atoms with van der Waals surface area (Å²) in [7, 11) is 0. The molecule has 145 valence electrons. The zero-order valence-electron chi connectivity index (χ0n) is 16.4. The van der Waals surface area contributed by atoms with Crippen LogP contribution in [0.15, 0.2) is 65.6 Å². The Hall–Kier alpha value is -0.827. The second-order valence-corrected chi connectivity index (χ2v) is 6.30. The van der Waals surface area contributed by atoms with Crippen molar-refractivity contribution in [2.45, 2.75) is 11.8 Å². The molecular weight excluding hydrogens is 456 g/mol. The summed E-state index contributed by atoms with van der Waals surface area (Å²) in [6.07, 6.45) is 24.9. The molecule has 2 aliphatic carbocycles. The topological polar surface area (TPSA) is 37.3 Å². The van der Waals surface area contributed by atoms with Gasteiger partial charge in [-0.3, -0.25) is 6.08 Å². The minimum absolute atomic E-state index is 0. The molecule has 4 heteroatoms. The molecule has 0 heterocycles. The quantitative estimate of drug-likeness (QED) is 0.434. The van der Waals surface area contributed by atoms with Crippen LogP contribution in [0.25, 0.3) is 6.08 Å². The molecule has 0 amide bonds. The summed E-state index contributed by atoms with van der Waals surface area (Å²) in [5, 5.41) is 0. The van der Waals surface area contributed by atoms with Gasteiger partial charge in [-0.05, 0) is 76.3 Å². The van der Waals surface area contributed by atoms with Crippen molar-refractivity contribution in [1.29, 1.82) is 0 Å². The monoisotopic (exact) mass is 479 g/mol. The fraction of sp³-hybridized carbons (Fsp3) is 0.0400. The van der Waals surface area contributed by atoms with Gasteiger partial charge in [-0.25, -0.2) is 10.3 Å². The maximum Gasteiger partial charge on any atom is 3.00 e. The Morgan fingerprint density at radius 1 is 0.690 bits per heavy atom. The molecule has 2 fully saturated rings. The van der Waals surface area contributed by atoms with Crippen molar-refractivity contribution in [2.24, 2.45) is 0 Å². The Labute approximate surface area is 199 Å². The van der Waals surface area contributed by atoms with Gasteiger partial charge in [0.25, 0.3) is 0 Å². The average molecular weight is 481 g/mol. The minimum atomic E-state index is -1.83. The first-order valence-electron chi connectivity index (χ1n) is 8.79. The van der Waals surface area contributed by atoms with E-state index in [4.69, 9.17) is 4.55 Å². The van der Waals surface area contributed by atoms with Crippen molar-refractivity contribution >= 4 is 17.2 Å². The van der Waals surface area contributed by atoms with E-state index in [1.54, 1.807) is 30.3 Å². The number of allylic oxidation sites excluding steroid dienone is 1. The summed E-state index contributed by atoms with van der Waals surface area (Å²) in [5.74, 6) is 0. The fourth-order valence-electron chi connectivity index (χ4n) is 1.89. The van der Waals surface area contributed by atoms with Gasteiger partial charge in [0.05, 0.1) is 4.90 Å². The number of benzene rings is 2. The van der Waals surface area contributed by atoms with Crippen LogP contribution in [-0.4, -0.2) is 8.76 Å². The van der Waals surface area contributed by atoms with E-state index in [1.807, 2.05) is 95.4 Å². The van der Waals surface area contributed by atoms with Crippen molar-refractivity contribution in [2.75, 3.05) is 0 Å². The van der Waals surface area contributed by atoms with E-state index in [0.29, 0.717) is 4.90 Å². The second kappa shape index (κ2) is 20.4. The summed E-state index contributed by atoms with van der Waals surface area (Å²) in [4.78, 5) is 0.442. The predicted molar refractivity (Wildman–Crippen MR) is 118 cm³/mol. The molecule has 0 bridgehead atoms. The summed E-state index contributed by atoms with van der Waals surface area (Å²) in [6.45, 7) is 1.90. The Balaban J connectivity index is 0.000000369. The molecule has 1 unspecified atom stereocenters. The molecule has 2 saturated carbocycles. The van der Waals surface area contributed by atoms with Crippen molar-refractivity contribution in [3.8, 4) is 0 Å². The molecule has 29 heavy (non-hydrogen) atoms. The largest absolute Gasteiger partial charge is 3.00 e. The zero-order chi connectivity index (χ0) is 20.3. The van der Waals surface area contributed by atoms with Gasteiger partial charge in [0.15, 0.2) is 11.1 Å². The van der Waals surface area contributed by atoms with E-state index in [-0.39, 0.29) is 26.2 Å². The first-order valence-corrected chi connectivity index (χ1v) is 9.89. The Morgan fingerprint density at radius 2 is 1.03 bits per heavy atom. The SMILES string of the molecule is C[C-]=Cc1ccccc1.O=S(O)c1ccccc1.[CH]1[CH][CH][CH][CH]1.[CH]1[CH][CH][CH][CH]1.[Zr+3]. The molecule has 2 aromatic carbocycles. The molecule has 11 radical (unpaired) electrons. The molecule has 0 spiro atoms. The molecule has 4 rings (SSSR count). The van der Waals surface area contributed by atoms with Crippen molar-refractivity contribution < 1.29 is 35.0 Å². The first kappa shape index (κ1) is 28.2. The van der Waals surface area contributed by atoms with Crippen LogP contribution in [0.1, 0.15) is 12.5 Å². The van der Waals surface area contributed by atoms with E-state index >= 15 is 0 Å². The fourth-order valence-corrected chi connectivity index (χ4v) is 2.28. The van der Waals surface area contributed by atoms with Crippen LogP contribution in [0.3, 0.4) is 0 Å². The molecule has 2 nitrogen and oxygen atoms in total. The molecule has 2 aromatic rings. The average Bonchev–Trinajstić information content (AvgIpc) is 3.49. The Kier molecular flexibility index (Phi) is 19.9. The molecule has 2 aliphatic rings. The molecule has 1 N–H and O–H groups in total. The minimum Gasteiger partial charge on any atom is -0.302 e. The number of rotatable bonds is 2. The maximum atomic E-state index is 10.3. The van der Waals surface area contributed by atoms with Gasteiger partial charge in [-0.2, -0.15) is 5.56 Å². The Bertz CT molecular complexity index is 611. The van der Waals surface area contributed by atoms with E-state index in [2.05, 4.69) is 18.2 Å². The van der Waals surface area contributed by atoms with Gasteiger partial charge in [0.1, 0.15) is 0 Å². The third-order valence-corrected chi connectivity index (χ3v) is 3.84. The van der Waals surface area contributed by atoms with Crippen LogP contribution in [0.4, 0.5) is 0 Å². The normalized spacial score (nSPS) is 15.5. The second-order valence-electron chi connectivity index (χ2n) is 5.33. The van der Waals surface area contributed by atoms with E-state index in [1.165, 1.54) is 5.56 Å². The predicted octanol–water partition coefficient (Wildman–Crippen LogP) is 5.83. The van der Waals surface area contributed by atoms with Crippen LogP contribution in [0, 0.1) is 70.3 Å². The van der Waals surface area contributed by atoms with Gasteiger partial charge in [-0.15, -0.1) is 19.1 Å². The van der Waals surface area contributed by atoms with Gasteiger partial charge in [0.2, 0.25) is 0 Å². The standard InChI is InChI=1S/C9H9.C6H6O2S.2C5H5.Zr/c1-2-6-9-7-4-3-5-8-9;7-9(8)6-4-2-1-3-5-6;2*1-2-4-5-3-1;/h3-8H,1H3;1-5H,(H,7,8);2*1-5H;/q-1;;;;+3. The summed E-state index contributed by atoms with van der Waals surface area (Å²) in [6, 6.07) is 18.6. The van der Waals surface area contributed by atoms with Gasteiger partial charge in [0, 0.05) is 0 Å². The summed E-state index contributed by atoms with van der Waals surface area (Å²) < 4.78 is 18.8. The van der Waals surface area contributed by atoms with Crippen LogP contribution in [0.5, 0.6) is 0 Å². The van der Waals surface area contributed by atoms with Crippen LogP contribution in [0.2, 0.25) is 0 Å². The van der Waals surface area contributed by atoms with Crippen molar-refractivity contribution in [3.05, 3.63) is 137 Å². The van der Waals surface area contributed by atoms with E-state index < -0.39 is 11.1 Å². The van der Waals surface area contributed by atoms with Crippen LogP contribution in [-0.2, 0) is 37.3 Å². The molecular formula is C25H25O2SZr+2. The third kappa shape index (κ3) is 16.6. The molecule has 0 saturated heterocycles. The van der Waals surface area contributed by atoms with E-state index in [9.17, 15) is 4.21 Å². The number of hydrogen-bond acceptors (Lipinski definition) is 1. The molecule has 0 aromatic heterocycles. The van der Waals surface area contributed by atoms with Crippen LogP contribution < -0.4 is 0 Å². The maximum absolute atomic E-state index is 10.3. The summed E-state index contributed by atoms with van der Waals surface area (Å²) in [5.41, 5.74) is 1.21. The first-order chi connectivity index (χ1) is 13.7. The molecule has 1 atom stereocenters. The summed E-state index contributed by atoms with van der Waals surface area (Å²) >= 11 is -1.83. The smallest absolute Gasteiger partial charge is 0.302 e. The Morgan fingerprint density at radius 3 is 1.31 bits per heavy atom. The van der Waals surface area contributed by atoms with Gasteiger partial charge in [-0.1, -0.05) is 36.4 Å². The van der Waals surface area contributed by atoms with Gasteiger partial charge < -0.3 is 4.55 Å². The third-order valence-electron chi connectivity index (χ3n) is 3.17. The molecule has 0 aliphatic heterocycles. The number of hydrogen-bond donors (Lipinski definition) is 1. The van der Waals surface area contributed by atoms with Gasteiger partial charge >= 0.3 is 26.2 Å². The van der Waals surface area contributed by atoms with Crippen molar-refractivity contribution in [3.63, 3.8) is 0 Å².